The number of fused-ring (bicyclic) bond motifs is 1. The van der Waals surface area contributed by atoms with Crippen molar-refractivity contribution in [3.63, 3.8) is 0 Å². The molecule has 0 fully saturated rings. The van der Waals surface area contributed by atoms with E-state index in [2.05, 4.69) is 42.7 Å². The van der Waals surface area contributed by atoms with Gasteiger partial charge in [0.1, 0.15) is 16.3 Å². The number of aromatic nitrogens is 1. The molecule has 0 spiro atoms. The Morgan fingerprint density at radius 3 is 2.90 bits per heavy atom. The number of rotatable bonds is 8. The summed E-state index contributed by atoms with van der Waals surface area (Å²) in [6.45, 7) is 2.19. The summed E-state index contributed by atoms with van der Waals surface area (Å²) in [5.74, 6) is 0.676. The molecule has 0 aromatic carbocycles. The zero-order chi connectivity index (χ0) is 20.2. The van der Waals surface area contributed by atoms with Crippen LogP contribution in [-0.4, -0.2) is 15.3 Å². The average Bonchev–Trinajstić information content (AvgIpc) is 3.40. The van der Waals surface area contributed by atoms with Crippen molar-refractivity contribution >= 4 is 55.3 Å². The van der Waals surface area contributed by atoms with Crippen LogP contribution in [0.25, 0.3) is 26.4 Å². The van der Waals surface area contributed by atoms with Crippen molar-refractivity contribution in [2.75, 3.05) is 11.5 Å². The predicted molar refractivity (Wildman–Crippen MR) is 129 cm³/mol. The lowest BCUT2D eigenvalue weighted by molar-refractivity contribution is 0.590. The molecule has 29 heavy (non-hydrogen) atoms. The number of thiophene rings is 2. The number of allylic oxidation sites excluding steroid dienone is 4. The number of pyridine rings is 1. The lowest BCUT2D eigenvalue weighted by Crippen LogP contribution is -2.07. The van der Waals surface area contributed by atoms with Crippen LogP contribution in [0.2, 0.25) is 0 Å². The highest BCUT2D eigenvalue weighted by molar-refractivity contribution is 7.93. The van der Waals surface area contributed by atoms with E-state index in [0.717, 1.165) is 56.2 Å². The smallest absolute Gasteiger partial charge is 0.232 e. The van der Waals surface area contributed by atoms with Crippen molar-refractivity contribution in [3.8, 4) is 10.6 Å². The maximum atomic E-state index is 13.0. The van der Waals surface area contributed by atoms with Gasteiger partial charge in [0.05, 0.1) is 10.6 Å². The van der Waals surface area contributed by atoms with Crippen LogP contribution in [0.3, 0.4) is 0 Å². The molecular weight excluding hydrogens is 416 g/mol. The molecule has 4 rings (SSSR count). The van der Waals surface area contributed by atoms with Crippen LogP contribution in [0, 0.1) is 0 Å². The molecule has 6 heteroatoms. The standard InChI is InChI=1S/C23H26N2OS3/c1-2-3-4-8-14-29(26)23-21(24)20-17(16-10-6-5-7-11-16)15-18(25-22(20)28-23)19-12-9-13-27-19/h5-6,9-10,12-13,15H,2-4,7-8,11,14,24H2,1H3. The highest BCUT2D eigenvalue weighted by atomic mass is 32.2. The van der Waals surface area contributed by atoms with Crippen LogP contribution in [0.5, 0.6) is 0 Å². The second kappa shape index (κ2) is 9.47. The van der Waals surface area contributed by atoms with Crippen LogP contribution in [0.15, 0.2) is 46.0 Å². The first kappa shape index (κ1) is 20.7. The lowest BCUT2D eigenvalue weighted by atomic mass is 9.95. The van der Waals surface area contributed by atoms with E-state index >= 15 is 0 Å². The molecule has 0 bridgehead atoms. The molecule has 152 valence electrons. The van der Waals surface area contributed by atoms with Crippen LogP contribution in [-0.2, 0) is 11.2 Å². The summed E-state index contributed by atoms with van der Waals surface area (Å²) in [6.07, 6.45) is 13.0. The molecule has 0 aliphatic heterocycles. The van der Waals surface area contributed by atoms with Crippen molar-refractivity contribution in [3.05, 3.63) is 47.4 Å². The maximum absolute atomic E-state index is 13.0. The summed E-state index contributed by atoms with van der Waals surface area (Å²) >= 11 is 2.13. The number of hydrogen-bond donors (Lipinski definition) is 1. The van der Waals surface area contributed by atoms with Gasteiger partial charge in [-0.25, -0.2) is 4.98 Å². The first-order chi connectivity index (χ1) is 14.2. The van der Waals surface area contributed by atoms with E-state index in [0.29, 0.717) is 11.4 Å². The minimum Gasteiger partial charge on any atom is -0.611 e. The highest BCUT2D eigenvalue weighted by Gasteiger charge is 2.25. The predicted octanol–water partition coefficient (Wildman–Crippen LogP) is 7.03. The van der Waals surface area contributed by atoms with E-state index in [4.69, 9.17) is 10.7 Å². The summed E-state index contributed by atoms with van der Waals surface area (Å²) in [7, 11) is 0. The first-order valence-electron chi connectivity index (χ1n) is 10.2. The van der Waals surface area contributed by atoms with E-state index in [9.17, 15) is 4.55 Å². The third kappa shape index (κ3) is 4.45. The van der Waals surface area contributed by atoms with Gasteiger partial charge in [-0.15, -0.1) is 11.3 Å². The van der Waals surface area contributed by atoms with E-state index < -0.39 is 11.2 Å². The van der Waals surface area contributed by atoms with Crippen LogP contribution in [0.4, 0.5) is 5.69 Å². The van der Waals surface area contributed by atoms with Crippen molar-refractivity contribution in [2.24, 2.45) is 0 Å². The zero-order valence-corrected chi connectivity index (χ0v) is 19.1. The van der Waals surface area contributed by atoms with Crippen molar-refractivity contribution < 1.29 is 4.55 Å². The molecule has 0 saturated heterocycles. The number of hydrogen-bond acceptors (Lipinski definition) is 5. The largest absolute Gasteiger partial charge is 0.611 e. The molecule has 1 atom stereocenters. The minimum atomic E-state index is -1.06. The quantitative estimate of drug-likeness (QED) is 0.301. The Morgan fingerprint density at radius 1 is 1.28 bits per heavy atom. The fourth-order valence-corrected chi connectivity index (χ4v) is 7.05. The van der Waals surface area contributed by atoms with Gasteiger partial charge in [-0.05, 0) is 65.5 Å². The second-order valence-electron chi connectivity index (χ2n) is 7.28. The van der Waals surface area contributed by atoms with E-state index in [1.807, 2.05) is 6.07 Å². The molecule has 1 aliphatic rings. The van der Waals surface area contributed by atoms with Gasteiger partial charge in [-0.3, -0.25) is 0 Å². The molecule has 3 nitrogen and oxygen atoms in total. The molecular formula is C23H26N2OS3. The molecule has 2 N–H and O–H groups in total. The molecule has 3 aromatic rings. The Labute approximate surface area is 183 Å². The molecule has 0 amide bonds. The summed E-state index contributed by atoms with van der Waals surface area (Å²) < 4.78 is 13.8. The average molecular weight is 443 g/mol. The summed E-state index contributed by atoms with van der Waals surface area (Å²) in [5.41, 5.74) is 10.6. The normalized spacial score (nSPS) is 15.0. The van der Waals surface area contributed by atoms with Gasteiger partial charge in [0.25, 0.3) is 0 Å². The van der Waals surface area contributed by atoms with Crippen molar-refractivity contribution in [1.29, 1.82) is 0 Å². The number of nitrogens with two attached hydrogens (primary N) is 1. The third-order valence-electron chi connectivity index (χ3n) is 5.19. The van der Waals surface area contributed by atoms with Crippen molar-refractivity contribution in [2.45, 2.75) is 49.7 Å². The van der Waals surface area contributed by atoms with Crippen molar-refractivity contribution in [1.82, 2.24) is 4.98 Å². The Hall–Kier alpha value is -1.60. The van der Waals surface area contributed by atoms with Gasteiger partial charge in [0, 0.05) is 5.39 Å². The highest BCUT2D eigenvalue weighted by Crippen LogP contribution is 2.43. The van der Waals surface area contributed by atoms with Gasteiger partial charge in [0.2, 0.25) is 4.21 Å². The molecule has 1 unspecified atom stereocenters. The Morgan fingerprint density at radius 2 is 2.17 bits per heavy atom. The number of nitrogen functional groups attached to an aromatic ring is 1. The second-order valence-corrected chi connectivity index (χ2v) is 11.0. The van der Waals surface area contributed by atoms with Gasteiger partial charge >= 0.3 is 0 Å². The number of unbranched alkanes of at least 4 members (excludes halogenated alkanes) is 3. The van der Waals surface area contributed by atoms with E-state index in [1.54, 1.807) is 11.3 Å². The van der Waals surface area contributed by atoms with E-state index in [1.165, 1.54) is 29.8 Å². The SMILES string of the molecule is CCCCCC[S+]([O-])c1sc2nc(-c3cccs3)cc(C3=CC=CCC3)c2c1N. The zero-order valence-electron chi connectivity index (χ0n) is 16.6. The summed E-state index contributed by atoms with van der Waals surface area (Å²) in [5, 5.41) is 3.05. The topological polar surface area (TPSA) is 62.0 Å². The first-order valence-corrected chi connectivity index (χ1v) is 13.2. The van der Waals surface area contributed by atoms with Crippen LogP contribution < -0.4 is 5.73 Å². The number of anilines is 1. The molecule has 1 aliphatic carbocycles. The summed E-state index contributed by atoms with van der Waals surface area (Å²) in [4.78, 5) is 6.96. The molecule has 0 radical (unpaired) electrons. The Balaban J connectivity index is 1.78. The minimum absolute atomic E-state index is 0.662. The monoisotopic (exact) mass is 442 g/mol. The summed E-state index contributed by atoms with van der Waals surface area (Å²) in [6, 6.07) is 6.31. The fourth-order valence-electron chi connectivity index (χ4n) is 3.65. The van der Waals surface area contributed by atoms with Crippen LogP contribution >= 0.6 is 22.7 Å². The Bertz CT molecular complexity index is 1030. The maximum Gasteiger partial charge on any atom is 0.232 e. The Kier molecular flexibility index (Phi) is 6.75. The fraction of sp³-hybridized carbons (Fsp3) is 0.348. The van der Waals surface area contributed by atoms with Gasteiger partial charge in [-0.2, -0.15) is 0 Å². The third-order valence-corrected chi connectivity index (χ3v) is 9.08. The molecule has 3 heterocycles. The number of nitrogens with zero attached hydrogens (tertiary/aromatic N) is 1. The molecule has 3 aromatic heterocycles. The molecule has 0 saturated carbocycles. The van der Waals surface area contributed by atoms with Gasteiger partial charge < -0.3 is 10.3 Å². The van der Waals surface area contributed by atoms with Gasteiger partial charge in [0.15, 0.2) is 0 Å². The van der Waals surface area contributed by atoms with E-state index in [-0.39, 0.29) is 0 Å². The van der Waals surface area contributed by atoms with Crippen LogP contribution in [0.1, 0.15) is 51.0 Å². The lowest BCUT2D eigenvalue weighted by Gasteiger charge is -2.13. The van der Waals surface area contributed by atoms with Gasteiger partial charge in [-0.1, -0.05) is 55.4 Å².